The average Bonchev–Trinajstić information content (AvgIpc) is 2.70. The van der Waals surface area contributed by atoms with E-state index in [4.69, 9.17) is 4.74 Å². The number of rotatable bonds is 5. The molecule has 0 saturated carbocycles. The summed E-state index contributed by atoms with van der Waals surface area (Å²) in [6.07, 6.45) is 0. The number of halogens is 2. The first-order valence-corrected chi connectivity index (χ1v) is 9.08. The van der Waals surface area contributed by atoms with E-state index in [0.717, 1.165) is 0 Å². The Bertz CT molecular complexity index is 1020. The van der Waals surface area contributed by atoms with Crippen LogP contribution in [0.4, 0.5) is 15.8 Å². The van der Waals surface area contributed by atoms with Gasteiger partial charge in [-0.25, -0.2) is 4.39 Å². The van der Waals surface area contributed by atoms with E-state index in [1.807, 2.05) is 0 Å². The zero-order valence-electron chi connectivity index (χ0n) is 14.8. The number of anilines is 2. The summed E-state index contributed by atoms with van der Waals surface area (Å²) in [7, 11) is 1.54. The standard InChI is InChI=1S/C21H16BrFN2O3/c1-28-15-9-6-13(7-10-15)20(26)24-18-5-3-2-4-16(18)21(27)25-19-11-8-14(22)12-17(19)23/h2-12H,1H3,(H,24,26)(H,25,27). The van der Waals surface area contributed by atoms with Crippen LogP contribution in [-0.2, 0) is 0 Å². The van der Waals surface area contributed by atoms with Gasteiger partial charge in [-0.05, 0) is 54.6 Å². The maximum Gasteiger partial charge on any atom is 0.257 e. The molecule has 7 heteroatoms. The largest absolute Gasteiger partial charge is 0.497 e. The summed E-state index contributed by atoms with van der Waals surface area (Å²) in [4.78, 5) is 25.1. The molecule has 0 heterocycles. The summed E-state index contributed by atoms with van der Waals surface area (Å²) in [6, 6.07) is 17.4. The molecule has 0 saturated heterocycles. The van der Waals surface area contributed by atoms with Gasteiger partial charge in [0.2, 0.25) is 0 Å². The molecule has 2 amide bonds. The Morgan fingerprint density at radius 3 is 2.25 bits per heavy atom. The van der Waals surface area contributed by atoms with Crippen molar-refractivity contribution in [3.05, 3.63) is 88.1 Å². The molecule has 28 heavy (non-hydrogen) atoms. The molecule has 0 spiro atoms. The number of para-hydroxylation sites is 1. The van der Waals surface area contributed by atoms with E-state index in [2.05, 4.69) is 26.6 Å². The Balaban J connectivity index is 1.80. The van der Waals surface area contributed by atoms with Crippen molar-refractivity contribution in [2.24, 2.45) is 0 Å². The van der Waals surface area contributed by atoms with E-state index >= 15 is 0 Å². The van der Waals surface area contributed by atoms with Gasteiger partial charge in [-0.3, -0.25) is 9.59 Å². The Kier molecular flexibility index (Phi) is 6.06. The summed E-state index contributed by atoms with van der Waals surface area (Å²) < 4.78 is 19.6. The van der Waals surface area contributed by atoms with Crippen molar-refractivity contribution >= 4 is 39.1 Å². The van der Waals surface area contributed by atoms with Crippen LogP contribution in [0.3, 0.4) is 0 Å². The van der Waals surface area contributed by atoms with Gasteiger partial charge in [0.05, 0.1) is 24.0 Å². The first-order valence-electron chi connectivity index (χ1n) is 8.29. The first-order chi connectivity index (χ1) is 13.5. The fourth-order valence-electron chi connectivity index (χ4n) is 2.51. The molecule has 0 bridgehead atoms. The third-order valence-corrected chi connectivity index (χ3v) is 4.44. The second kappa shape index (κ2) is 8.67. The molecule has 0 aromatic heterocycles. The van der Waals surface area contributed by atoms with Gasteiger partial charge in [0.25, 0.3) is 11.8 Å². The Morgan fingerprint density at radius 1 is 0.893 bits per heavy atom. The van der Waals surface area contributed by atoms with Crippen LogP contribution in [0, 0.1) is 5.82 Å². The van der Waals surface area contributed by atoms with E-state index in [0.29, 0.717) is 21.5 Å². The topological polar surface area (TPSA) is 67.4 Å². The number of hydrogen-bond donors (Lipinski definition) is 2. The van der Waals surface area contributed by atoms with Crippen molar-refractivity contribution in [1.29, 1.82) is 0 Å². The lowest BCUT2D eigenvalue weighted by Gasteiger charge is -2.12. The molecule has 0 aliphatic heterocycles. The molecule has 3 rings (SSSR count). The van der Waals surface area contributed by atoms with Crippen LogP contribution < -0.4 is 15.4 Å². The summed E-state index contributed by atoms with van der Waals surface area (Å²) in [5.41, 5.74) is 0.990. The predicted octanol–water partition coefficient (Wildman–Crippen LogP) is 5.10. The molecule has 142 valence electrons. The molecule has 0 unspecified atom stereocenters. The Labute approximate surface area is 169 Å². The zero-order chi connectivity index (χ0) is 20.1. The molecule has 3 aromatic carbocycles. The SMILES string of the molecule is COc1ccc(C(=O)Nc2ccccc2C(=O)Nc2ccc(Br)cc2F)cc1. The predicted molar refractivity (Wildman–Crippen MR) is 109 cm³/mol. The minimum absolute atomic E-state index is 0.0458. The molecule has 0 aliphatic carbocycles. The Morgan fingerprint density at radius 2 is 1.57 bits per heavy atom. The first kappa shape index (κ1) is 19.6. The van der Waals surface area contributed by atoms with Gasteiger partial charge in [-0.2, -0.15) is 0 Å². The molecule has 0 atom stereocenters. The molecule has 3 aromatic rings. The van der Waals surface area contributed by atoms with Crippen molar-refractivity contribution in [3.63, 3.8) is 0 Å². The zero-order valence-corrected chi connectivity index (χ0v) is 16.4. The van der Waals surface area contributed by atoms with Crippen molar-refractivity contribution in [2.75, 3.05) is 17.7 Å². The van der Waals surface area contributed by atoms with Gasteiger partial charge in [0, 0.05) is 10.0 Å². The number of hydrogen-bond acceptors (Lipinski definition) is 3. The van der Waals surface area contributed by atoms with E-state index in [9.17, 15) is 14.0 Å². The highest BCUT2D eigenvalue weighted by atomic mass is 79.9. The van der Waals surface area contributed by atoms with Crippen molar-refractivity contribution in [1.82, 2.24) is 0 Å². The van der Waals surface area contributed by atoms with Crippen LogP contribution >= 0.6 is 15.9 Å². The number of benzene rings is 3. The lowest BCUT2D eigenvalue weighted by molar-refractivity contribution is 0.102. The highest BCUT2D eigenvalue weighted by Crippen LogP contribution is 2.22. The third-order valence-electron chi connectivity index (χ3n) is 3.95. The minimum atomic E-state index is -0.567. The lowest BCUT2D eigenvalue weighted by Crippen LogP contribution is -2.18. The fourth-order valence-corrected chi connectivity index (χ4v) is 2.84. The minimum Gasteiger partial charge on any atom is -0.497 e. The average molecular weight is 443 g/mol. The van der Waals surface area contributed by atoms with Gasteiger partial charge in [0.1, 0.15) is 11.6 Å². The molecule has 0 fully saturated rings. The van der Waals surface area contributed by atoms with Gasteiger partial charge >= 0.3 is 0 Å². The molecule has 0 radical (unpaired) electrons. The maximum atomic E-state index is 14.0. The maximum absolute atomic E-state index is 14.0. The highest BCUT2D eigenvalue weighted by Gasteiger charge is 2.16. The van der Waals surface area contributed by atoms with Crippen LogP contribution in [0.5, 0.6) is 5.75 Å². The van der Waals surface area contributed by atoms with E-state index in [-0.39, 0.29) is 17.2 Å². The second-order valence-corrected chi connectivity index (χ2v) is 6.72. The Hall–Kier alpha value is -3.19. The second-order valence-electron chi connectivity index (χ2n) is 5.81. The molecular formula is C21H16BrFN2O3. The number of methoxy groups -OCH3 is 1. The van der Waals surface area contributed by atoms with Crippen LogP contribution in [0.1, 0.15) is 20.7 Å². The number of carbonyl (C=O) groups excluding carboxylic acids is 2. The molecule has 2 N–H and O–H groups in total. The molecule has 5 nitrogen and oxygen atoms in total. The molecular weight excluding hydrogens is 427 g/mol. The van der Waals surface area contributed by atoms with Gasteiger partial charge in [-0.15, -0.1) is 0 Å². The quantitative estimate of drug-likeness (QED) is 0.577. The van der Waals surface area contributed by atoms with Gasteiger partial charge < -0.3 is 15.4 Å². The monoisotopic (exact) mass is 442 g/mol. The van der Waals surface area contributed by atoms with Crippen LogP contribution in [0.25, 0.3) is 0 Å². The third kappa shape index (κ3) is 4.55. The summed E-state index contributed by atoms with van der Waals surface area (Å²) in [6.45, 7) is 0. The highest BCUT2D eigenvalue weighted by molar-refractivity contribution is 9.10. The number of carbonyl (C=O) groups is 2. The smallest absolute Gasteiger partial charge is 0.257 e. The fraction of sp³-hybridized carbons (Fsp3) is 0.0476. The van der Waals surface area contributed by atoms with Crippen molar-refractivity contribution in [3.8, 4) is 5.75 Å². The number of nitrogens with one attached hydrogen (secondary N) is 2. The van der Waals surface area contributed by atoms with Crippen molar-refractivity contribution < 1.29 is 18.7 Å². The van der Waals surface area contributed by atoms with Crippen LogP contribution in [0.15, 0.2) is 71.2 Å². The van der Waals surface area contributed by atoms with Crippen LogP contribution in [-0.4, -0.2) is 18.9 Å². The molecule has 0 aliphatic rings. The normalized spacial score (nSPS) is 10.2. The lowest BCUT2D eigenvalue weighted by atomic mass is 10.1. The number of amides is 2. The van der Waals surface area contributed by atoms with E-state index < -0.39 is 11.7 Å². The van der Waals surface area contributed by atoms with Crippen molar-refractivity contribution in [2.45, 2.75) is 0 Å². The van der Waals surface area contributed by atoms with E-state index in [1.165, 1.54) is 19.2 Å². The summed E-state index contributed by atoms with van der Waals surface area (Å²) >= 11 is 3.17. The van der Waals surface area contributed by atoms with Gasteiger partial charge in [0.15, 0.2) is 0 Å². The summed E-state index contributed by atoms with van der Waals surface area (Å²) in [5.74, 6) is -0.847. The van der Waals surface area contributed by atoms with E-state index in [1.54, 1.807) is 54.6 Å². The van der Waals surface area contributed by atoms with Crippen LogP contribution in [0.2, 0.25) is 0 Å². The van der Waals surface area contributed by atoms with Gasteiger partial charge in [-0.1, -0.05) is 28.1 Å². The number of ether oxygens (including phenoxy) is 1. The summed E-state index contributed by atoms with van der Waals surface area (Å²) in [5, 5.41) is 5.23.